The largest absolute Gasteiger partial charge is 0.389 e. The maximum Gasteiger partial charge on any atom is 0.107 e. The van der Waals surface area contributed by atoms with Crippen LogP contribution in [0, 0.1) is 0 Å². The molecule has 1 aromatic heterocycles. The van der Waals surface area contributed by atoms with Crippen LogP contribution in [0.3, 0.4) is 0 Å². The minimum atomic E-state index is 0.245. The molecule has 1 unspecified atom stereocenters. The second-order valence-corrected chi connectivity index (χ2v) is 6.53. The summed E-state index contributed by atoms with van der Waals surface area (Å²) >= 11 is 6.98. The average Bonchev–Trinajstić information content (AvgIpc) is 2.91. The Morgan fingerprint density at radius 3 is 2.95 bits per heavy atom. The van der Waals surface area contributed by atoms with Gasteiger partial charge in [0.2, 0.25) is 0 Å². The highest BCUT2D eigenvalue weighted by molar-refractivity contribution is 7.99. The molecule has 0 spiro atoms. The number of anilines is 1. The van der Waals surface area contributed by atoms with Crippen LogP contribution in [-0.4, -0.2) is 26.3 Å². The predicted molar refractivity (Wildman–Crippen MR) is 94.0 cm³/mol. The van der Waals surface area contributed by atoms with Crippen LogP contribution in [0.2, 0.25) is 0 Å². The van der Waals surface area contributed by atoms with Crippen molar-refractivity contribution in [3.05, 3.63) is 42.5 Å². The SMILES string of the molecule is CCSc1cccc(NC(C)Cn2ccnc2)c1C(N)=S. The molecule has 3 N–H and O–H groups in total. The molecule has 0 aliphatic heterocycles. The second kappa shape index (κ2) is 7.47. The van der Waals surface area contributed by atoms with Gasteiger partial charge in [-0.1, -0.05) is 25.2 Å². The fraction of sp³-hybridized carbons (Fsp3) is 0.333. The first kappa shape index (κ1) is 15.9. The summed E-state index contributed by atoms with van der Waals surface area (Å²) in [4.78, 5) is 5.62. The van der Waals surface area contributed by atoms with Crippen molar-refractivity contribution in [3.63, 3.8) is 0 Å². The Morgan fingerprint density at radius 2 is 2.33 bits per heavy atom. The van der Waals surface area contributed by atoms with Gasteiger partial charge in [-0.2, -0.15) is 0 Å². The number of aromatic nitrogens is 2. The summed E-state index contributed by atoms with van der Waals surface area (Å²) in [5.74, 6) is 0.990. The first-order valence-corrected chi connectivity index (χ1v) is 8.29. The maximum absolute atomic E-state index is 5.92. The number of hydrogen-bond acceptors (Lipinski definition) is 4. The van der Waals surface area contributed by atoms with E-state index >= 15 is 0 Å². The van der Waals surface area contributed by atoms with E-state index in [9.17, 15) is 0 Å². The lowest BCUT2D eigenvalue weighted by atomic mass is 10.1. The molecular weight excluding hydrogens is 300 g/mol. The van der Waals surface area contributed by atoms with Crippen molar-refractivity contribution in [2.75, 3.05) is 11.1 Å². The van der Waals surface area contributed by atoms with Gasteiger partial charge in [0, 0.05) is 41.1 Å². The third-order valence-corrected chi connectivity index (χ3v) is 4.16. The molecule has 0 fully saturated rings. The molecule has 2 aromatic rings. The van der Waals surface area contributed by atoms with Gasteiger partial charge >= 0.3 is 0 Å². The van der Waals surface area contributed by atoms with Gasteiger partial charge in [-0.3, -0.25) is 0 Å². The van der Waals surface area contributed by atoms with Crippen molar-refractivity contribution in [1.82, 2.24) is 9.55 Å². The van der Waals surface area contributed by atoms with Gasteiger partial charge in [0.05, 0.1) is 6.33 Å². The lowest BCUT2D eigenvalue weighted by molar-refractivity contribution is 0.618. The van der Waals surface area contributed by atoms with Crippen molar-refractivity contribution < 1.29 is 0 Å². The lowest BCUT2D eigenvalue weighted by Crippen LogP contribution is -2.24. The topological polar surface area (TPSA) is 55.9 Å². The molecule has 0 bridgehead atoms. The highest BCUT2D eigenvalue weighted by Crippen LogP contribution is 2.29. The summed E-state index contributed by atoms with van der Waals surface area (Å²) in [5.41, 5.74) is 7.86. The Labute approximate surface area is 135 Å². The van der Waals surface area contributed by atoms with E-state index in [1.807, 2.05) is 29.2 Å². The molecule has 0 aliphatic rings. The minimum absolute atomic E-state index is 0.245. The van der Waals surface area contributed by atoms with Crippen LogP contribution < -0.4 is 11.1 Å². The Bertz CT molecular complexity index is 596. The van der Waals surface area contributed by atoms with E-state index in [0.717, 1.165) is 28.4 Å². The molecular formula is C15H20N4S2. The molecule has 21 heavy (non-hydrogen) atoms. The Balaban J connectivity index is 2.18. The fourth-order valence-corrected chi connectivity index (χ4v) is 3.34. The first-order chi connectivity index (χ1) is 10.1. The minimum Gasteiger partial charge on any atom is -0.389 e. The van der Waals surface area contributed by atoms with Crippen molar-refractivity contribution in [1.29, 1.82) is 0 Å². The summed E-state index contributed by atoms with van der Waals surface area (Å²) in [6.45, 7) is 5.08. The monoisotopic (exact) mass is 320 g/mol. The van der Waals surface area contributed by atoms with E-state index in [1.165, 1.54) is 0 Å². The number of hydrogen-bond donors (Lipinski definition) is 2. The number of nitrogens with zero attached hydrogens (tertiary/aromatic N) is 2. The summed E-state index contributed by atoms with van der Waals surface area (Å²) < 4.78 is 2.04. The quantitative estimate of drug-likeness (QED) is 0.606. The van der Waals surface area contributed by atoms with E-state index in [0.29, 0.717) is 4.99 Å². The summed E-state index contributed by atoms with van der Waals surface area (Å²) in [7, 11) is 0. The van der Waals surface area contributed by atoms with Crippen LogP contribution >= 0.6 is 24.0 Å². The number of benzene rings is 1. The molecule has 1 atom stereocenters. The fourth-order valence-electron chi connectivity index (χ4n) is 2.20. The van der Waals surface area contributed by atoms with Crippen molar-refractivity contribution >= 4 is 34.7 Å². The van der Waals surface area contributed by atoms with Crippen molar-refractivity contribution in [2.45, 2.75) is 31.3 Å². The molecule has 1 heterocycles. The van der Waals surface area contributed by atoms with Gasteiger partial charge in [0.1, 0.15) is 4.99 Å². The highest BCUT2D eigenvalue weighted by Gasteiger charge is 2.13. The van der Waals surface area contributed by atoms with Crippen LogP contribution in [0.4, 0.5) is 5.69 Å². The highest BCUT2D eigenvalue weighted by atomic mass is 32.2. The van der Waals surface area contributed by atoms with Gasteiger partial charge < -0.3 is 15.6 Å². The molecule has 6 heteroatoms. The van der Waals surface area contributed by atoms with Gasteiger partial charge in [0.15, 0.2) is 0 Å². The average molecular weight is 320 g/mol. The van der Waals surface area contributed by atoms with Crippen LogP contribution in [0.1, 0.15) is 19.4 Å². The number of nitrogens with one attached hydrogen (secondary N) is 1. The molecule has 0 amide bonds. The lowest BCUT2D eigenvalue weighted by Gasteiger charge is -2.20. The zero-order chi connectivity index (χ0) is 15.2. The standard InChI is InChI=1S/C15H20N4S2/c1-3-21-13-6-4-5-12(14(13)15(16)20)18-11(2)9-19-8-7-17-10-19/h4-8,10-11,18H,3,9H2,1-2H3,(H2,16,20). The smallest absolute Gasteiger partial charge is 0.107 e. The normalized spacial score (nSPS) is 12.1. The van der Waals surface area contributed by atoms with Crippen molar-refractivity contribution in [2.24, 2.45) is 5.73 Å². The maximum atomic E-state index is 5.92. The van der Waals surface area contributed by atoms with E-state index in [-0.39, 0.29) is 6.04 Å². The third-order valence-electron chi connectivity index (χ3n) is 3.02. The number of imidazole rings is 1. The zero-order valence-electron chi connectivity index (χ0n) is 12.2. The molecule has 0 aliphatic carbocycles. The zero-order valence-corrected chi connectivity index (χ0v) is 13.9. The summed E-state index contributed by atoms with van der Waals surface area (Å²) in [6.07, 6.45) is 5.55. The molecule has 0 saturated carbocycles. The molecule has 2 rings (SSSR count). The number of nitrogens with two attached hydrogens (primary N) is 1. The van der Waals surface area contributed by atoms with E-state index in [2.05, 4.69) is 30.2 Å². The van der Waals surface area contributed by atoms with E-state index in [1.54, 1.807) is 18.0 Å². The molecule has 0 saturated heterocycles. The van der Waals surface area contributed by atoms with Gasteiger partial charge in [0.25, 0.3) is 0 Å². The van der Waals surface area contributed by atoms with Crippen LogP contribution in [-0.2, 0) is 6.54 Å². The number of rotatable bonds is 7. The molecule has 112 valence electrons. The summed E-state index contributed by atoms with van der Waals surface area (Å²) in [5, 5.41) is 3.50. The van der Waals surface area contributed by atoms with Crippen LogP contribution in [0.5, 0.6) is 0 Å². The molecule has 4 nitrogen and oxygen atoms in total. The summed E-state index contributed by atoms with van der Waals surface area (Å²) in [6, 6.07) is 6.37. The van der Waals surface area contributed by atoms with Gasteiger partial charge in [-0.25, -0.2) is 4.98 Å². The van der Waals surface area contributed by atoms with Gasteiger partial charge in [-0.05, 0) is 24.8 Å². The van der Waals surface area contributed by atoms with Crippen LogP contribution in [0.15, 0.2) is 41.8 Å². The Kier molecular flexibility index (Phi) is 5.64. The van der Waals surface area contributed by atoms with E-state index < -0.39 is 0 Å². The Hall–Kier alpha value is -1.53. The van der Waals surface area contributed by atoms with E-state index in [4.69, 9.17) is 18.0 Å². The first-order valence-electron chi connectivity index (χ1n) is 6.89. The third kappa shape index (κ3) is 4.22. The number of thioether (sulfide) groups is 1. The van der Waals surface area contributed by atoms with Crippen LogP contribution in [0.25, 0.3) is 0 Å². The van der Waals surface area contributed by atoms with Crippen molar-refractivity contribution in [3.8, 4) is 0 Å². The number of thiocarbonyl (C=S) groups is 1. The molecule has 0 radical (unpaired) electrons. The van der Waals surface area contributed by atoms with Gasteiger partial charge in [-0.15, -0.1) is 11.8 Å². The molecule has 1 aromatic carbocycles. The Morgan fingerprint density at radius 1 is 1.52 bits per heavy atom. The second-order valence-electron chi connectivity index (χ2n) is 4.78. The predicted octanol–water partition coefficient (Wildman–Crippen LogP) is 3.13.